The van der Waals surface area contributed by atoms with E-state index in [1.54, 1.807) is 6.08 Å². The van der Waals surface area contributed by atoms with Crippen LogP contribution in [-0.2, 0) is 9.57 Å². The molecule has 0 spiro atoms. The number of ether oxygens (including phenoxy) is 1. The molecule has 0 aliphatic carbocycles. The fourth-order valence-corrected chi connectivity index (χ4v) is 0.878. The number of rotatable bonds is 1. The average Bonchev–Trinajstić information content (AvgIpc) is 2.21. The highest BCUT2D eigenvalue weighted by Gasteiger charge is 2.05. The summed E-state index contributed by atoms with van der Waals surface area (Å²) in [7, 11) is 1.44. The lowest BCUT2D eigenvalue weighted by atomic mass is 10.2. The number of nitrogens with zero attached hydrogens (tertiary/aromatic N) is 1. The van der Waals surface area contributed by atoms with Gasteiger partial charge in [0.2, 0.25) is 5.90 Å². The molecule has 1 heterocycles. The Morgan fingerprint density at radius 2 is 2.23 bits per heavy atom. The van der Waals surface area contributed by atoms with Crippen molar-refractivity contribution >= 4 is 11.6 Å². The molecule has 0 saturated carbocycles. The molecule has 1 N–H and O–H groups in total. The Morgan fingerprint density at radius 3 is 3.00 bits per heavy atom. The van der Waals surface area contributed by atoms with Crippen molar-refractivity contribution in [3.63, 3.8) is 0 Å². The first-order chi connectivity index (χ1) is 6.34. The summed E-state index contributed by atoms with van der Waals surface area (Å²) in [6.45, 7) is 0. The van der Waals surface area contributed by atoms with Crippen LogP contribution in [0.3, 0.4) is 0 Å². The highest BCUT2D eigenvalue weighted by Crippen LogP contribution is 2.00. The lowest BCUT2D eigenvalue weighted by Crippen LogP contribution is -2.11. The molecule has 1 rings (SSSR count). The topological polar surface area (TPSA) is 54.7 Å². The van der Waals surface area contributed by atoms with E-state index in [0.717, 1.165) is 12.8 Å². The van der Waals surface area contributed by atoms with Gasteiger partial charge in [-0.1, -0.05) is 11.2 Å². The predicted molar refractivity (Wildman–Crippen MR) is 50.8 cm³/mol. The van der Waals surface area contributed by atoms with Crippen LogP contribution in [0.25, 0.3) is 0 Å². The summed E-state index contributed by atoms with van der Waals surface area (Å²) in [6, 6.07) is 0. The summed E-state index contributed by atoms with van der Waals surface area (Å²) in [6.07, 6.45) is 8.85. The molecule has 0 aromatic heterocycles. The van der Waals surface area contributed by atoms with E-state index in [0.29, 0.717) is 5.71 Å². The predicted octanol–water partition coefficient (Wildman–Crippen LogP) is 1.85. The Hall–Kier alpha value is -1.58. The zero-order chi connectivity index (χ0) is 9.52. The molecule has 1 aliphatic rings. The van der Waals surface area contributed by atoms with Crippen LogP contribution >= 0.6 is 0 Å². The van der Waals surface area contributed by atoms with Gasteiger partial charge in [-0.3, -0.25) is 5.41 Å². The van der Waals surface area contributed by atoms with Crippen LogP contribution in [0.1, 0.15) is 12.8 Å². The molecule has 4 heteroatoms. The quantitative estimate of drug-likeness (QED) is 0.626. The monoisotopic (exact) mass is 180 g/mol. The van der Waals surface area contributed by atoms with E-state index in [1.165, 1.54) is 13.4 Å². The number of oxime groups is 1. The maximum atomic E-state index is 7.45. The van der Waals surface area contributed by atoms with Crippen LogP contribution < -0.4 is 0 Å². The molecule has 13 heavy (non-hydrogen) atoms. The maximum Gasteiger partial charge on any atom is 0.240 e. The van der Waals surface area contributed by atoms with E-state index in [-0.39, 0.29) is 5.90 Å². The Kier molecular flexibility index (Phi) is 3.75. The molecular weight excluding hydrogens is 168 g/mol. The van der Waals surface area contributed by atoms with Crippen molar-refractivity contribution in [1.29, 1.82) is 5.41 Å². The molecule has 0 atom stereocenters. The van der Waals surface area contributed by atoms with Gasteiger partial charge in [0, 0.05) is 0 Å². The second-order valence-electron chi connectivity index (χ2n) is 2.46. The average molecular weight is 180 g/mol. The van der Waals surface area contributed by atoms with Gasteiger partial charge in [0.25, 0.3) is 0 Å². The molecule has 0 unspecified atom stereocenters. The van der Waals surface area contributed by atoms with Gasteiger partial charge in [0.15, 0.2) is 5.71 Å². The molecule has 0 saturated heterocycles. The summed E-state index contributed by atoms with van der Waals surface area (Å²) in [4.78, 5) is 4.58. The van der Waals surface area contributed by atoms with Crippen LogP contribution in [0, 0.1) is 5.41 Å². The molecule has 0 bridgehead atoms. The standard InChI is InChI=1S/C9H12N2O2/c1-12-11-8-6-4-2-3-5-7-13-9(8)10/h4-7,10H,2-3H2,1H3/b6-4+,7-5+,10-9?,11-8-. The minimum Gasteiger partial charge on any atom is -0.446 e. The first-order valence-electron chi connectivity index (χ1n) is 4.03. The number of hydrogen-bond acceptors (Lipinski definition) is 4. The lowest BCUT2D eigenvalue weighted by Gasteiger charge is -2.00. The van der Waals surface area contributed by atoms with Gasteiger partial charge >= 0.3 is 0 Å². The molecule has 0 aromatic rings. The summed E-state index contributed by atoms with van der Waals surface area (Å²) in [5, 5.41) is 11.1. The largest absolute Gasteiger partial charge is 0.446 e. The van der Waals surface area contributed by atoms with Crippen LogP contribution in [0.15, 0.2) is 29.6 Å². The molecule has 4 nitrogen and oxygen atoms in total. The van der Waals surface area contributed by atoms with E-state index in [2.05, 4.69) is 9.99 Å². The van der Waals surface area contributed by atoms with Gasteiger partial charge in [-0.2, -0.15) is 0 Å². The van der Waals surface area contributed by atoms with Crippen molar-refractivity contribution in [1.82, 2.24) is 0 Å². The second-order valence-corrected chi connectivity index (χ2v) is 2.46. The van der Waals surface area contributed by atoms with Crippen molar-refractivity contribution in [3.8, 4) is 0 Å². The van der Waals surface area contributed by atoms with Crippen molar-refractivity contribution in [3.05, 3.63) is 24.5 Å². The van der Waals surface area contributed by atoms with Crippen LogP contribution in [0.4, 0.5) is 0 Å². The number of hydrogen-bond donors (Lipinski definition) is 1. The summed E-state index contributed by atoms with van der Waals surface area (Å²) >= 11 is 0. The Bertz CT molecular complexity index is 267. The first-order valence-corrected chi connectivity index (χ1v) is 4.03. The van der Waals surface area contributed by atoms with Gasteiger partial charge in [-0.25, -0.2) is 0 Å². The highest BCUT2D eigenvalue weighted by atomic mass is 16.6. The summed E-state index contributed by atoms with van der Waals surface area (Å²) in [5.74, 6) is -0.00347. The summed E-state index contributed by atoms with van der Waals surface area (Å²) in [5.41, 5.74) is 0.397. The molecular formula is C9H12N2O2. The third kappa shape index (κ3) is 3.11. The Balaban J connectivity index is 2.78. The van der Waals surface area contributed by atoms with E-state index < -0.39 is 0 Å². The second kappa shape index (κ2) is 5.13. The molecule has 0 radical (unpaired) electrons. The lowest BCUT2D eigenvalue weighted by molar-refractivity contribution is 0.214. The van der Waals surface area contributed by atoms with Crippen molar-refractivity contribution in [2.75, 3.05) is 7.11 Å². The van der Waals surface area contributed by atoms with Crippen molar-refractivity contribution in [2.24, 2.45) is 5.16 Å². The Labute approximate surface area is 77.0 Å². The number of nitrogens with one attached hydrogen (secondary N) is 1. The smallest absolute Gasteiger partial charge is 0.240 e. The fourth-order valence-electron chi connectivity index (χ4n) is 0.878. The minimum absolute atomic E-state index is 0.00347. The van der Waals surface area contributed by atoms with Gasteiger partial charge in [-0.15, -0.1) is 0 Å². The number of allylic oxidation sites excluding steroid dienone is 2. The van der Waals surface area contributed by atoms with E-state index in [1.807, 2.05) is 12.2 Å². The van der Waals surface area contributed by atoms with Gasteiger partial charge in [0.1, 0.15) is 7.11 Å². The third-order valence-corrected chi connectivity index (χ3v) is 1.48. The zero-order valence-corrected chi connectivity index (χ0v) is 7.49. The molecule has 0 aromatic carbocycles. The van der Waals surface area contributed by atoms with E-state index in [4.69, 9.17) is 10.1 Å². The Morgan fingerprint density at radius 1 is 1.46 bits per heavy atom. The first kappa shape index (κ1) is 9.51. The van der Waals surface area contributed by atoms with Gasteiger partial charge < -0.3 is 9.57 Å². The normalized spacial score (nSPS) is 25.3. The van der Waals surface area contributed by atoms with Crippen molar-refractivity contribution in [2.45, 2.75) is 12.8 Å². The fraction of sp³-hybridized carbons (Fsp3) is 0.333. The molecule has 70 valence electrons. The van der Waals surface area contributed by atoms with Crippen LogP contribution in [-0.4, -0.2) is 18.7 Å². The molecule has 0 amide bonds. The van der Waals surface area contributed by atoms with Crippen LogP contribution in [0.5, 0.6) is 0 Å². The maximum absolute atomic E-state index is 7.45. The van der Waals surface area contributed by atoms with Gasteiger partial charge in [0.05, 0.1) is 6.26 Å². The summed E-state index contributed by atoms with van der Waals surface area (Å²) < 4.78 is 4.97. The third-order valence-electron chi connectivity index (χ3n) is 1.48. The molecule has 0 fully saturated rings. The highest BCUT2D eigenvalue weighted by molar-refractivity contribution is 6.42. The van der Waals surface area contributed by atoms with Gasteiger partial charge in [-0.05, 0) is 25.0 Å². The molecule has 1 aliphatic heterocycles. The van der Waals surface area contributed by atoms with E-state index >= 15 is 0 Å². The minimum atomic E-state index is -0.00347. The SMILES string of the molecule is CO/N=C1/C=C/CC/C=C/OC1=N. The van der Waals surface area contributed by atoms with Crippen molar-refractivity contribution < 1.29 is 9.57 Å². The van der Waals surface area contributed by atoms with E-state index in [9.17, 15) is 0 Å². The zero-order valence-electron chi connectivity index (χ0n) is 7.49. The van der Waals surface area contributed by atoms with Crippen LogP contribution in [0.2, 0.25) is 0 Å².